The van der Waals surface area contributed by atoms with Crippen LogP contribution in [0.4, 0.5) is 10.1 Å². The molecule has 2 N–H and O–H groups in total. The summed E-state index contributed by atoms with van der Waals surface area (Å²) in [5.41, 5.74) is 5.38. The number of hydrogen-bond acceptors (Lipinski definition) is 4. The third-order valence-corrected chi connectivity index (χ3v) is 4.11. The molecule has 0 spiro atoms. The molecule has 0 amide bonds. The zero-order valence-corrected chi connectivity index (χ0v) is 9.92. The highest BCUT2D eigenvalue weighted by atomic mass is 32.2. The molecular weight excluding hydrogens is 233 g/mol. The van der Waals surface area contributed by atoms with Crippen molar-refractivity contribution in [3.05, 3.63) is 24.0 Å². The van der Waals surface area contributed by atoms with Gasteiger partial charge in [-0.1, -0.05) is 0 Å². The maximum atomic E-state index is 12.8. The van der Waals surface area contributed by atoms with E-state index in [1.165, 1.54) is 13.2 Å². The van der Waals surface area contributed by atoms with E-state index in [2.05, 4.69) is 0 Å². The van der Waals surface area contributed by atoms with Gasteiger partial charge in [-0.25, -0.2) is 12.8 Å². The Morgan fingerprint density at radius 1 is 1.50 bits per heavy atom. The Labute approximate surface area is 94.1 Å². The molecule has 4 nitrogen and oxygen atoms in total. The van der Waals surface area contributed by atoms with Crippen molar-refractivity contribution in [1.82, 2.24) is 0 Å². The number of hydrogen-bond donors (Lipinski definition) is 1. The van der Waals surface area contributed by atoms with E-state index in [-0.39, 0.29) is 16.3 Å². The van der Waals surface area contributed by atoms with Crippen LogP contribution in [0.5, 0.6) is 0 Å². The maximum absolute atomic E-state index is 12.8. The number of ether oxygens (including phenoxy) is 1. The van der Waals surface area contributed by atoms with E-state index >= 15 is 0 Å². The molecule has 1 rings (SSSR count). The third-order valence-electron chi connectivity index (χ3n) is 2.16. The lowest BCUT2D eigenvalue weighted by atomic mass is 10.3. The van der Waals surface area contributed by atoms with Crippen molar-refractivity contribution in [3.8, 4) is 0 Å². The van der Waals surface area contributed by atoms with Crippen molar-refractivity contribution < 1.29 is 17.5 Å². The van der Waals surface area contributed by atoms with E-state index in [4.69, 9.17) is 10.5 Å². The van der Waals surface area contributed by atoms with Crippen molar-refractivity contribution in [2.45, 2.75) is 17.9 Å². The molecule has 1 unspecified atom stereocenters. The van der Waals surface area contributed by atoms with E-state index in [9.17, 15) is 12.8 Å². The summed E-state index contributed by atoms with van der Waals surface area (Å²) in [5, 5.41) is 0. The fourth-order valence-corrected chi connectivity index (χ4v) is 2.90. The van der Waals surface area contributed by atoms with Gasteiger partial charge in [0.2, 0.25) is 0 Å². The summed E-state index contributed by atoms with van der Waals surface area (Å²) in [6.45, 7) is 1.64. The van der Waals surface area contributed by atoms with Gasteiger partial charge in [0.05, 0.1) is 22.4 Å². The van der Waals surface area contributed by atoms with E-state index in [0.29, 0.717) is 0 Å². The Morgan fingerprint density at radius 2 is 2.12 bits per heavy atom. The van der Waals surface area contributed by atoms with Crippen LogP contribution >= 0.6 is 0 Å². The number of halogens is 1. The largest absolute Gasteiger partial charge is 0.398 e. The smallest absolute Gasteiger partial charge is 0.182 e. The number of sulfone groups is 1. The van der Waals surface area contributed by atoms with Crippen LogP contribution in [0.1, 0.15) is 6.92 Å². The zero-order chi connectivity index (χ0) is 12.3. The molecule has 0 radical (unpaired) electrons. The molecule has 1 atom stereocenters. The average molecular weight is 247 g/mol. The first-order chi connectivity index (χ1) is 7.36. The molecule has 0 aromatic heterocycles. The van der Waals surface area contributed by atoms with Crippen LogP contribution < -0.4 is 5.73 Å². The number of nitrogens with two attached hydrogens (primary N) is 1. The van der Waals surface area contributed by atoms with Gasteiger partial charge < -0.3 is 10.5 Å². The second-order valence-electron chi connectivity index (χ2n) is 3.51. The van der Waals surface area contributed by atoms with Crippen molar-refractivity contribution in [2.24, 2.45) is 0 Å². The van der Waals surface area contributed by atoms with Crippen LogP contribution in [-0.4, -0.2) is 27.4 Å². The summed E-state index contributed by atoms with van der Waals surface area (Å²) >= 11 is 0. The SMILES string of the molecule is COC(C)CS(=O)(=O)c1ccc(F)cc1N. The first-order valence-electron chi connectivity index (χ1n) is 4.67. The fraction of sp³-hybridized carbons (Fsp3) is 0.400. The van der Waals surface area contributed by atoms with Crippen LogP contribution in [0.2, 0.25) is 0 Å². The molecule has 0 bridgehead atoms. The molecule has 1 aromatic carbocycles. The standard InChI is InChI=1S/C10H14FNO3S/c1-7(15-2)6-16(13,14)10-4-3-8(11)5-9(10)12/h3-5,7H,6,12H2,1-2H3. The van der Waals surface area contributed by atoms with Crippen molar-refractivity contribution in [2.75, 3.05) is 18.6 Å². The van der Waals surface area contributed by atoms with E-state index in [1.807, 2.05) is 0 Å². The highest BCUT2D eigenvalue weighted by Crippen LogP contribution is 2.21. The average Bonchev–Trinajstić information content (AvgIpc) is 2.16. The first kappa shape index (κ1) is 12.9. The minimum absolute atomic E-state index is 0.0576. The van der Waals surface area contributed by atoms with Gasteiger partial charge in [0.25, 0.3) is 0 Å². The van der Waals surface area contributed by atoms with Gasteiger partial charge >= 0.3 is 0 Å². The molecule has 6 heteroatoms. The molecule has 0 aliphatic carbocycles. The van der Waals surface area contributed by atoms with Gasteiger partial charge in [0.15, 0.2) is 9.84 Å². The summed E-state index contributed by atoms with van der Waals surface area (Å²) in [5.74, 6) is -0.740. The van der Waals surface area contributed by atoms with Gasteiger partial charge in [-0.15, -0.1) is 0 Å². The molecular formula is C10H14FNO3S. The number of methoxy groups -OCH3 is 1. The van der Waals surface area contributed by atoms with Crippen molar-refractivity contribution in [1.29, 1.82) is 0 Å². The predicted molar refractivity (Wildman–Crippen MR) is 59.3 cm³/mol. The van der Waals surface area contributed by atoms with E-state index in [1.54, 1.807) is 6.92 Å². The molecule has 0 saturated heterocycles. The minimum atomic E-state index is -3.54. The molecule has 0 aliphatic rings. The van der Waals surface area contributed by atoms with Gasteiger partial charge in [-0.3, -0.25) is 0 Å². The Hall–Kier alpha value is -1.14. The van der Waals surface area contributed by atoms with E-state index in [0.717, 1.165) is 12.1 Å². The highest BCUT2D eigenvalue weighted by Gasteiger charge is 2.21. The zero-order valence-electron chi connectivity index (χ0n) is 9.10. The fourth-order valence-electron chi connectivity index (χ4n) is 1.27. The summed E-state index contributed by atoms with van der Waals surface area (Å²) in [4.78, 5) is -0.0576. The summed E-state index contributed by atoms with van der Waals surface area (Å²) in [6.07, 6.45) is -0.436. The lowest BCUT2D eigenvalue weighted by Gasteiger charge is -2.11. The molecule has 90 valence electrons. The summed E-state index contributed by atoms with van der Waals surface area (Å²) < 4.78 is 41.3. The number of benzene rings is 1. The predicted octanol–water partition coefficient (Wildman–Crippen LogP) is 1.22. The minimum Gasteiger partial charge on any atom is -0.398 e. The normalized spacial score (nSPS) is 13.7. The van der Waals surface area contributed by atoms with Gasteiger partial charge in [-0.05, 0) is 25.1 Å². The first-order valence-corrected chi connectivity index (χ1v) is 6.32. The van der Waals surface area contributed by atoms with Crippen molar-refractivity contribution >= 4 is 15.5 Å². The third kappa shape index (κ3) is 2.93. The number of nitrogen functional groups attached to an aromatic ring is 1. The Bertz CT molecular complexity index is 473. The lowest BCUT2D eigenvalue weighted by molar-refractivity contribution is 0.136. The van der Waals surface area contributed by atoms with Crippen LogP contribution in [0, 0.1) is 5.82 Å². The highest BCUT2D eigenvalue weighted by molar-refractivity contribution is 7.91. The maximum Gasteiger partial charge on any atom is 0.182 e. The second-order valence-corrected chi connectivity index (χ2v) is 5.51. The summed E-state index contributed by atoms with van der Waals surface area (Å²) in [7, 11) is -2.11. The van der Waals surface area contributed by atoms with Crippen LogP contribution in [0.3, 0.4) is 0 Å². The number of rotatable bonds is 4. The van der Waals surface area contributed by atoms with E-state index < -0.39 is 21.8 Å². The van der Waals surface area contributed by atoms with Gasteiger partial charge in [0.1, 0.15) is 5.82 Å². The molecule has 1 aromatic rings. The molecule has 16 heavy (non-hydrogen) atoms. The topological polar surface area (TPSA) is 69.4 Å². The molecule has 0 saturated carbocycles. The second kappa shape index (κ2) is 4.80. The monoisotopic (exact) mass is 247 g/mol. The van der Waals surface area contributed by atoms with Crippen LogP contribution in [-0.2, 0) is 14.6 Å². The molecule has 0 heterocycles. The van der Waals surface area contributed by atoms with Crippen molar-refractivity contribution in [3.63, 3.8) is 0 Å². The van der Waals surface area contributed by atoms with Crippen LogP contribution in [0.15, 0.2) is 23.1 Å². The van der Waals surface area contributed by atoms with Gasteiger partial charge in [-0.2, -0.15) is 0 Å². The Morgan fingerprint density at radius 3 is 2.62 bits per heavy atom. The Balaban J connectivity index is 3.08. The Kier molecular flexibility index (Phi) is 3.88. The molecule has 0 fully saturated rings. The van der Waals surface area contributed by atoms with Crippen LogP contribution in [0.25, 0.3) is 0 Å². The summed E-state index contributed by atoms with van der Waals surface area (Å²) in [6, 6.07) is 3.23. The lowest BCUT2D eigenvalue weighted by Crippen LogP contribution is -2.20. The number of anilines is 1. The van der Waals surface area contributed by atoms with Gasteiger partial charge in [0, 0.05) is 7.11 Å². The quantitative estimate of drug-likeness (QED) is 0.641. The molecule has 0 aliphatic heterocycles.